The molecule has 0 radical (unpaired) electrons. The fourth-order valence-electron chi connectivity index (χ4n) is 2.04. The second kappa shape index (κ2) is 4.84. The molecule has 2 fully saturated rings. The van der Waals surface area contributed by atoms with Crippen molar-refractivity contribution >= 4 is 5.97 Å². The van der Waals surface area contributed by atoms with Crippen molar-refractivity contribution in [2.24, 2.45) is 0 Å². The van der Waals surface area contributed by atoms with Crippen molar-refractivity contribution in [3.05, 3.63) is 0 Å². The van der Waals surface area contributed by atoms with Gasteiger partial charge in [0.1, 0.15) is 5.60 Å². The molecule has 0 saturated carbocycles. The lowest BCUT2D eigenvalue weighted by Crippen LogP contribution is -2.69. The number of carbonyl (C=O) groups excluding carboxylic acids is 1. The number of rotatable bonds is 3. The Morgan fingerprint density at radius 2 is 2.11 bits per heavy atom. The number of hydrogen-bond acceptors (Lipinski definition) is 5. The minimum Gasteiger partial charge on any atom is -0.437 e. The monoisotopic (exact) mass is 291 g/mol. The second-order valence-corrected chi connectivity index (χ2v) is 4.26. The first-order valence-electron chi connectivity index (χ1n) is 5.32. The van der Waals surface area contributed by atoms with Crippen LogP contribution >= 0.6 is 0 Å². The maximum Gasteiger partial charge on any atom is 0.490 e. The van der Waals surface area contributed by atoms with Gasteiger partial charge >= 0.3 is 18.8 Å². The van der Waals surface area contributed by atoms with Gasteiger partial charge in [0.15, 0.2) is 6.23 Å². The summed E-state index contributed by atoms with van der Waals surface area (Å²) in [6.45, 7) is -3.08. The van der Waals surface area contributed by atoms with Gasteiger partial charge in [-0.3, -0.25) is 5.32 Å². The van der Waals surface area contributed by atoms with E-state index < -0.39 is 36.7 Å². The van der Waals surface area contributed by atoms with Crippen LogP contribution in [0.25, 0.3) is 0 Å². The van der Waals surface area contributed by atoms with E-state index in [1.807, 2.05) is 0 Å². The average Bonchev–Trinajstić information content (AvgIpc) is 2.68. The molecule has 3 atom stereocenters. The minimum absolute atomic E-state index is 0.0693. The third-order valence-electron chi connectivity index (χ3n) is 2.95. The Kier molecular flexibility index (Phi) is 3.67. The van der Waals surface area contributed by atoms with Gasteiger partial charge in [-0.05, 0) is 0 Å². The highest BCUT2D eigenvalue weighted by molar-refractivity contribution is 5.75. The lowest BCUT2D eigenvalue weighted by molar-refractivity contribution is -0.233. The standard InChI is InChI=1S/C9H10F5NO4/c10-7(11)18-4-1-8(17-2-4)3-15-5(8)19-6(16)9(12,13)14/h4-5,7,15H,1-3H2/t4-,5?,8?/m0/s1. The van der Waals surface area contributed by atoms with Crippen molar-refractivity contribution in [1.82, 2.24) is 5.32 Å². The van der Waals surface area contributed by atoms with Crippen molar-refractivity contribution < 1.29 is 41.0 Å². The molecule has 0 aromatic carbocycles. The minimum atomic E-state index is -5.12. The van der Waals surface area contributed by atoms with E-state index in [9.17, 15) is 26.7 Å². The van der Waals surface area contributed by atoms with Crippen molar-refractivity contribution in [2.45, 2.75) is 37.1 Å². The van der Waals surface area contributed by atoms with Crippen LogP contribution in [0.3, 0.4) is 0 Å². The summed E-state index contributed by atoms with van der Waals surface area (Å²) in [5, 5.41) is 2.44. The molecule has 0 aliphatic carbocycles. The van der Waals surface area contributed by atoms with Gasteiger partial charge in [-0.25, -0.2) is 4.79 Å². The molecule has 19 heavy (non-hydrogen) atoms. The molecule has 10 heteroatoms. The molecular weight excluding hydrogens is 281 g/mol. The number of esters is 1. The van der Waals surface area contributed by atoms with Crippen LogP contribution in [-0.2, 0) is 19.0 Å². The van der Waals surface area contributed by atoms with Gasteiger partial charge in [0.05, 0.1) is 12.7 Å². The summed E-state index contributed by atoms with van der Waals surface area (Å²) in [4.78, 5) is 10.7. The van der Waals surface area contributed by atoms with Gasteiger partial charge in [-0.15, -0.1) is 0 Å². The summed E-state index contributed by atoms with van der Waals surface area (Å²) < 4.78 is 73.6. The van der Waals surface area contributed by atoms with Crippen LogP contribution in [0.15, 0.2) is 0 Å². The Morgan fingerprint density at radius 3 is 2.58 bits per heavy atom. The fraction of sp³-hybridized carbons (Fsp3) is 0.889. The summed E-state index contributed by atoms with van der Waals surface area (Å²) in [7, 11) is 0. The SMILES string of the molecule is O=C(OC1NCC12C[C@H](OC(F)F)CO2)C(F)(F)F. The van der Waals surface area contributed by atoms with Crippen molar-refractivity contribution in [3.8, 4) is 0 Å². The normalized spacial score (nSPS) is 34.6. The third-order valence-corrected chi connectivity index (χ3v) is 2.95. The molecule has 1 spiro atoms. The number of ether oxygens (including phenoxy) is 3. The van der Waals surface area contributed by atoms with E-state index in [0.29, 0.717) is 0 Å². The van der Waals surface area contributed by atoms with Crippen LogP contribution < -0.4 is 5.32 Å². The molecule has 5 nitrogen and oxygen atoms in total. The number of carbonyl (C=O) groups is 1. The van der Waals surface area contributed by atoms with Gasteiger partial charge in [-0.2, -0.15) is 22.0 Å². The summed E-state index contributed by atoms with van der Waals surface area (Å²) >= 11 is 0. The van der Waals surface area contributed by atoms with Crippen LogP contribution in [0, 0.1) is 0 Å². The zero-order chi connectivity index (χ0) is 14.3. The van der Waals surface area contributed by atoms with Gasteiger partial charge in [0.2, 0.25) is 0 Å². The molecule has 0 aromatic rings. The number of nitrogens with one attached hydrogen (secondary N) is 1. The van der Waals surface area contributed by atoms with E-state index in [4.69, 9.17) is 4.74 Å². The zero-order valence-corrected chi connectivity index (χ0v) is 9.38. The smallest absolute Gasteiger partial charge is 0.437 e. The first kappa shape index (κ1) is 14.4. The maximum atomic E-state index is 12.0. The first-order valence-corrected chi connectivity index (χ1v) is 5.32. The van der Waals surface area contributed by atoms with E-state index in [2.05, 4.69) is 14.8 Å². The van der Waals surface area contributed by atoms with E-state index in [1.54, 1.807) is 0 Å². The summed E-state index contributed by atoms with van der Waals surface area (Å²) in [5.74, 6) is -2.36. The molecule has 2 unspecified atom stereocenters. The second-order valence-electron chi connectivity index (χ2n) is 4.26. The molecule has 2 aliphatic rings. The molecule has 0 amide bonds. The first-order chi connectivity index (χ1) is 8.73. The summed E-state index contributed by atoms with van der Waals surface area (Å²) in [6, 6.07) is 0. The summed E-state index contributed by atoms with van der Waals surface area (Å²) in [5.41, 5.74) is -1.22. The summed E-state index contributed by atoms with van der Waals surface area (Å²) in [6.07, 6.45) is -7.43. The molecule has 0 bridgehead atoms. The Morgan fingerprint density at radius 1 is 1.42 bits per heavy atom. The van der Waals surface area contributed by atoms with Crippen molar-refractivity contribution in [1.29, 1.82) is 0 Å². The fourth-order valence-corrected chi connectivity index (χ4v) is 2.04. The highest BCUT2D eigenvalue weighted by atomic mass is 19.4. The van der Waals surface area contributed by atoms with Gasteiger partial charge < -0.3 is 14.2 Å². The zero-order valence-electron chi connectivity index (χ0n) is 9.38. The molecule has 1 N–H and O–H groups in total. The van der Waals surface area contributed by atoms with Crippen LogP contribution in [0.5, 0.6) is 0 Å². The van der Waals surface area contributed by atoms with Gasteiger partial charge in [0, 0.05) is 13.0 Å². The van der Waals surface area contributed by atoms with E-state index in [0.717, 1.165) is 0 Å². The lowest BCUT2D eigenvalue weighted by atomic mass is 9.90. The number of hydrogen-bond donors (Lipinski definition) is 1. The average molecular weight is 291 g/mol. The van der Waals surface area contributed by atoms with Gasteiger partial charge in [0.25, 0.3) is 0 Å². The molecule has 0 aromatic heterocycles. The third kappa shape index (κ3) is 2.95. The van der Waals surface area contributed by atoms with Gasteiger partial charge in [-0.1, -0.05) is 0 Å². The predicted octanol–water partition coefficient (Wildman–Crippen LogP) is 0.788. The molecule has 2 rings (SSSR count). The van der Waals surface area contributed by atoms with E-state index >= 15 is 0 Å². The van der Waals surface area contributed by atoms with Crippen LogP contribution in [-0.4, -0.2) is 49.8 Å². The van der Waals surface area contributed by atoms with Crippen molar-refractivity contribution in [3.63, 3.8) is 0 Å². The molecule has 2 saturated heterocycles. The quantitative estimate of drug-likeness (QED) is 0.615. The van der Waals surface area contributed by atoms with E-state index in [-0.39, 0.29) is 19.6 Å². The highest BCUT2D eigenvalue weighted by Crippen LogP contribution is 2.37. The van der Waals surface area contributed by atoms with Crippen LogP contribution in [0.1, 0.15) is 6.42 Å². The topological polar surface area (TPSA) is 56.8 Å². The molecule has 2 aliphatic heterocycles. The van der Waals surface area contributed by atoms with Crippen molar-refractivity contribution in [2.75, 3.05) is 13.2 Å². The highest BCUT2D eigenvalue weighted by Gasteiger charge is 2.57. The molecule has 2 heterocycles. The Hall–Kier alpha value is -1.00. The van der Waals surface area contributed by atoms with Crippen LogP contribution in [0.2, 0.25) is 0 Å². The number of alkyl halides is 5. The Labute approximate surface area is 104 Å². The molecule has 110 valence electrons. The maximum absolute atomic E-state index is 12.0. The molecular formula is C9H10F5NO4. The lowest BCUT2D eigenvalue weighted by Gasteiger charge is -2.45. The predicted molar refractivity (Wildman–Crippen MR) is 48.1 cm³/mol. The number of halogens is 5. The Bertz CT molecular complexity index is 363. The largest absolute Gasteiger partial charge is 0.490 e. The Balaban J connectivity index is 1.90. The van der Waals surface area contributed by atoms with E-state index in [1.165, 1.54) is 0 Å². The van der Waals surface area contributed by atoms with Crippen LogP contribution in [0.4, 0.5) is 22.0 Å².